The van der Waals surface area contributed by atoms with E-state index in [1.807, 2.05) is 32.9 Å². The number of benzene rings is 2. The van der Waals surface area contributed by atoms with Crippen molar-refractivity contribution < 1.29 is 14.3 Å². The maximum Gasteiger partial charge on any atom is 0.325 e. The van der Waals surface area contributed by atoms with Gasteiger partial charge in [0, 0.05) is 5.56 Å². The van der Waals surface area contributed by atoms with E-state index in [1.54, 1.807) is 12.1 Å². The molecule has 2 aromatic carbocycles. The van der Waals surface area contributed by atoms with Crippen molar-refractivity contribution in [2.75, 3.05) is 6.54 Å². The number of nitrogens with one attached hydrogen (secondary N) is 1. The summed E-state index contributed by atoms with van der Waals surface area (Å²) < 4.78 is 5.37. The van der Waals surface area contributed by atoms with Gasteiger partial charge >= 0.3 is 5.97 Å². The zero-order chi connectivity index (χ0) is 20.2. The number of rotatable bonds is 5. The van der Waals surface area contributed by atoms with Gasteiger partial charge in [0.05, 0.1) is 0 Å². The molecule has 0 saturated carbocycles. The van der Waals surface area contributed by atoms with Gasteiger partial charge in [0.2, 0.25) is 0 Å². The lowest BCUT2D eigenvalue weighted by molar-refractivity contribution is -0.143. The van der Waals surface area contributed by atoms with Crippen molar-refractivity contribution in [2.45, 2.75) is 53.6 Å². The lowest BCUT2D eigenvalue weighted by Crippen LogP contribution is -2.30. The van der Waals surface area contributed by atoms with E-state index in [0.717, 1.165) is 22.3 Å². The Kier molecular flexibility index (Phi) is 6.42. The first-order valence-corrected chi connectivity index (χ1v) is 9.19. The van der Waals surface area contributed by atoms with Gasteiger partial charge in [-0.1, -0.05) is 50.6 Å². The molecule has 0 aromatic heterocycles. The smallest absolute Gasteiger partial charge is 0.325 e. The van der Waals surface area contributed by atoms with Crippen LogP contribution in [0.3, 0.4) is 0 Å². The van der Waals surface area contributed by atoms with Crippen LogP contribution in [0.2, 0.25) is 0 Å². The van der Waals surface area contributed by atoms with Crippen molar-refractivity contribution in [1.29, 1.82) is 0 Å². The first-order chi connectivity index (χ1) is 12.6. The third-order valence-electron chi connectivity index (χ3n) is 4.65. The summed E-state index contributed by atoms with van der Waals surface area (Å²) in [5.74, 6) is -0.733. The normalized spacial score (nSPS) is 11.2. The summed E-state index contributed by atoms with van der Waals surface area (Å²) in [6.45, 7) is 12.6. The molecule has 27 heavy (non-hydrogen) atoms. The Bertz CT molecular complexity index is 807. The largest absolute Gasteiger partial charge is 0.459 e. The molecule has 1 N–H and O–H groups in total. The van der Waals surface area contributed by atoms with Crippen LogP contribution in [0.25, 0.3) is 0 Å². The highest BCUT2D eigenvalue weighted by molar-refractivity contribution is 5.95. The minimum atomic E-state index is -0.450. The Morgan fingerprint density at radius 2 is 1.52 bits per heavy atom. The number of carbonyl (C=O) groups is 2. The van der Waals surface area contributed by atoms with E-state index in [0.29, 0.717) is 5.56 Å². The summed E-state index contributed by atoms with van der Waals surface area (Å²) in [7, 11) is 0. The number of hydrogen-bond acceptors (Lipinski definition) is 3. The van der Waals surface area contributed by atoms with Crippen LogP contribution in [0.5, 0.6) is 0 Å². The third kappa shape index (κ3) is 5.68. The van der Waals surface area contributed by atoms with Crippen molar-refractivity contribution in [1.82, 2.24) is 5.32 Å². The van der Waals surface area contributed by atoms with Crippen LogP contribution in [0.4, 0.5) is 0 Å². The molecule has 0 fully saturated rings. The predicted molar refractivity (Wildman–Crippen MR) is 108 cm³/mol. The highest BCUT2D eigenvalue weighted by Crippen LogP contribution is 2.27. The molecule has 0 aliphatic rings. The predicted octanol–water partition coefficient (Wildman–Crippen LogP) is 4.38. The zero-order valence-electron chi connectivity index (χ0n) is 17.1. The second-order valence-corrected chi connectivity index (χ2v) is 8.05. The first kappa shape index (κ1) is 20.7. The Labute approximate surface area is 161 Å². The van der Waals surface area contributed by atoms with Crippen molar-refractivity contribution in [3.05, 3.63) is 69.8 Å². The Hall–Kier alpha value is -2.62. The SMILES string of the molecule is Cc1ccc(C(=O)NCC(=O)OCc2c(C)cc(C(C)(C)C)cc2C)cc1. The molecule has 0 saturated heterocycles. The average molecular weight is 367 g/mol. The summed E-state index contributed by atoms with van der Waals surface area (Å²) in [4.78, 5) is 24.1. The van der Waals surface area contributed by atoms with Crippen molar-refractivity contribution in [3.8, 4) is 0 Å². The maximum absolute atomic E-state index is 12.1. The lowest BCUT2D eigenvalue weighted by atomic mass is 9.84. The molecule has 1 amide bonds. The molecule has 0 bridgehead atoms. The molecule has 0 heterocycles. The molecule has 0 unspecified atom stereocenters. The van der Waals surface area contributed by atoms with Gasteiger partial charge < -0.3 is 10.1 Å². The summed E-state index contributed by atoms with van der Waals surface area (Å²) >= 11 is 0. The van der Waals surface area contributed by atoms with Crippen LogP contribution in [-0.4, -0.2) is 18.4 Å². The van der Waals surface area contributed by atoms with Gasteiger partial charge in [-0.25, -0.2) is 0 Å². The van der Waals surface area contributed by atoms with E-state index in [2.05, 4.69) is 38.2 Å². The van der Waals surface area contributed by atoms with Gasteiger partial charge in [0.25, 0.3) is 5.91 Å². The molecule has 2 aromatic rings. The molecular formula is C23H29NO3. The van der Waals surface area contributed by atoms with Gasteiger partial charge in [-0.3, -0.25) is 9.59 Å². The number of amides is 1. The molecular weight excluding hydrogens is 338 g/mol. The molecule has 0 atom stereocenters. The molecule has 0 aliphatic carbocycles. The molecule has 0 aliphatic heterocycles. The molecule has 4 heteroatoms. The minimum absolute atomic E-state index is 0.0744. The fraction of sp³-hybridized carbons (Fsp3) is 0.391. The standard InChI is InChI=1S/C23H29NO3/c1-15-7-9-18(10-8-15)22(26)24-13-21(25)27-14-20-16(2)11-19(12-17(20)3)23(4,5)6/h7-12H,13-14H2,1-6H3,(H,24,26). The maximum atomic E-state index is 12.1. The topological polar surface area (TPSA) is 55.4 Å². The number of aryl methyl sites for hydroxylation is 3. The van der Waals surface area contributed by atoms with Gasteiger partial charge in [0.15, 0.2) is 0 Å². The van der Waals surface area contributed by atoms with Gasteiger partial charge in [0.1, 0.15) is 13.2 Å². The van der Waals surface area contributed by atoms with Crippen LogP contribution >= 0.6 is 0 Å². The van der Waals surface area contributed by atoms with Crippen LogP contribution in [0.1, 0.15) is 58.9 Å². The number of hydrogen-bond donors (Lipinski definition) is 1. The summed E-state index contributed by atoms with van der Waals surface area (Å²) in [6, 6.07) is 11.5. The number of ether oxygens (including phenoxy) is 1. The lowest BCUT2D eigenvalue weighted by Gasteiger charge is -2.22. The van der Waals surface area contributed by atoms with Crippen LogP contribution in [-0.2, 0) is 21.6 Å². The molecule has 0 radical (unpaired) electrons. The van der Waals surface area contributed by atoms with Gasteiger partial charge in [-0.2, -0.15) is 0 Å². The monoisotopic (exact) mass is 367 g/mol. The Morgan fingerprint density at radius 1 is 0.963 bits per heavy atom. The summed E-state index contributed by atoms with van der Waals surface area (Å²) in [6.07, 6.45) is 0. The van der Waals surface area contributed by atoms with Crippen LogP contribution in [0.15, 0.2) is 36.4 Å². The van der Waals surface area contributed by atoms with Gasteiger partial charge in [-0.15, -0.1) is 0 Å². The van der Waals surface area contributed by atoms with Crippen molar-refractivity contribution in [2.24, 2.45) is 0 Å². The number of carbonyl (C=O) groups excluding carboxylic acids is 2. The third-order valence-corrected chi connectivity index (χ3v) is 4.65. The van der Waals surface area contributed by atoms with E-state index in [1.165, 1.54) is 5.56 Å². The van der Waals surface area contributed by atoms with Crippen molar-refractivity contribution in [3.63, 3.8) is 0 Å². The minimum Gasteiger partial charge on any atom is -0.459 e. The molecule has 0 spiro atoms. The molecule has 144 valence electrons. The Balaban J connectivity index is 1.92. The second kappa shape index (κ2) is 8.38. The summed E-state index contributed by atoms with van der Waals surface area (Å²) in [5, 5.41) is 2.60. The van der Waals surface area contributed by atoms with E-state index < -0.39 is 5.97 Å². The number of esters is 1. The highest BCUT2D eigenvalue weighted by atomic mass is 16.5. The quantitative estimate of drug-likeness (QED) is 0.798. The average Bonchev–Trinajstić information content (AvgIpc) is 2.58. The highest BCUT2D eigenvalue weighted by Gasteiger charge is 2.17. The molecule has 4 nitrogen and oxygen atoms in total. The zero-order valence-corrected chi connectivity index (χ0v) is 17.1. The van der Waals surface area contributed by atoms with Crippen LogP contribution < -0.4 is 5.32 Å². The van der Waals surface area contributed by atoms with E-state index in [4.69, 9.17) is 4.74 Å². The fourth-order valence-corrected chi connectivity index (χ4v) is 2.82. The van der Waals surface area contributed by atoms with Crippen molar-refractivity contribution >= 4 is 11.9 Å². The fourth-order valence-electron chi connectivity index (χ4n) is 2.82. The Morgan fingerprint density at radius 3 is 2.04 bits per heavy atom. The summed E-state index contributed by atoms with van der Waals surface area (Å²) in [5.41, 5.74) is 6.17. The molecule has 2 rings (SSSR count). The van der Waals surface area contributed by atoms with Crippen LogP contribution in [0, 0.1) is 20.8 Å². The van der Waals surface area contributed by atoms with Gasteiger partial charge in [-0.05, 0) is 60.6 Å². The van der Waals surface area contributed by atoms with E-state index in [9.17, 15) is 9.59 Å². The second-order valence-electron chi connectivity index (χ2n) is 8.05. The first-order valence-electron chi connectivity index (χ1n) is 9.19. The van der Waals surface area contributed by atoms with E-state index in [-0.39, 0.29) is 24.5 Å². The van der Waals surface area contributed by atoms with E-state index >= 15 is 0 Å².